The van der Waals surface area contributed by atoms with Crippen LogP contribution in [-0.2, 0) is 0 Å². The summed E-state index contributed by atoms with van der Waals surface area (Å²) in [5.74, 6) is 0. The molecule has 0 amide bonds. The van der Waals surface area contributed by atoms with Crippen LogP contribution in [0.25, 0.3) is 5.57 Å². The predicted molar refractivity (Wildman–Crippen MR) is 58.9 cm³/mol. The van der Waals surface area contributed by atoms with Gasteiger partial charge in [0.2, 0.25) is 0 Å². The number of nitrogen functional groups attached to an aromatic ring is 1. The Hall–Kier alpha value is -1.57. The molecule has 0 saturated carbocycles. The molecule has 0 aromatic heterocycles. The van der Waals surface area contributed by atoms with Crippen molar-refractivity contribution in [3.05, 3.63) is 35.9 Å². The van der Waals surface area contributed by atoms with Crippen molar-refractivity contribution >= 4 is 17.5 Å². The Morgan fingerprint density at radius 1 is 1.31 bits per heavy atom. The first-order valence-corrected chi connectivity index (χ1v) is 4.22. The van der Waals surface area contributed by atoms with Crippen LogP contribution in [0.4, 0.5) is 5.69 Å². The largest absolute Gasteiger partial charge is 0.399 e. The number of nitrogens with zero attached hydrogens (tertiary/aromatic N) is 1. The van der Waals surface area contributed by atoms with Crippen LogP contribution in [0.3, 0.4) is 0 Å². The average Bonchev–Trinajstić information content (AvgIpc) is 2.16. The standard InChI is InChI=1S/C11H14N2/c1-3-9(8-13-2)10-4-6-11(12)7-5-10/h3-8H,12H2,1-2H3/b9-3+,13-8?. The summed E-state index contributed by atoms with van der Waals surface area (Å²) in [6, 6.07) is 7.77. The van der Waals surface area contributed by atoms with Crippen molar-refractivity contribution in [1.29, 1.82) is 0 Å². The van der Waals surface area contributed by atoms with Crippen LogP contribution < -0.4 is 5.73 Å². The molecule has 1 rings (SSSR count). The molecule has 2 heteroatoms. The zero-order valence-electron chi connectivity index (χ0n) is 7.99. The smallest absolute Gasteiger partial charge is 0.0314 e. The van der Waals surface area contributed by atoms with Crippen molar-refractivity contribution in [3.8, 4) is 0 Å². The lowest BCUT2D eigenvalue weighted by Gasteiger charge is -2.01. The van der Waals surface area contributed by atoms with Gasteiger partial charge in [-0.15, -0.1) is 0 Å². The van der Waals surface area contributed by atoms with Gasteiger partial charge in [-0.2, -0.15) is 0 Å². The summed E-state index contributed by atoms with van der Waals surface area (Å²) < 4.78 is 0. The van der Waals surface area contributed by atoms with Crippen LogP contribution >= 0.6 is 0 Å². The molecule has 13 heavy (non-hydrogen) atoms. The lowest BCUT2D eigenvalue weighted by atomic mass is 10.1. The lowest BCUT2D eigenvalue weighted by Crippen LogP contribution is -1.88. The van der Waals surface area contributed by atoms with Crippen molar-refractivity contribution in [2.24, 2.45) is 4.99 Å². The van der Waals surface area contributed by atoms with Gasteiger partial charge in [-0.3, -0.25) is 4.99 Å². The van der Waals surface area contributed by atoms with Crippen LogP contribution in [0.2, 0.25) is 0 Å². The maximum absolute atomic E-state index is 5.59. The molecule has 0 aliphatic rings. The van der Waals surface area contributed by atoms with Gasteiger partial charge >= 0.3 is 0 Å². The first-order chi connectivity index (χ1) is 6.27. The first-order valence-electron chi connectivity index (χ1n) is 4.22. The van der Waals surface area contributed by atoms with Gasteiger partial charge in [-0.1, -0.05) is 18.2 Å². The zero-order chi connectivity index (χ0) is 9.68. The van der Waals surface area contributed by atoms with Gasteiger partial charge in [0.15, 0.2) is 0 Å². The third-order valence-electron chi connectivity index (χ3n) is 1.82. The fourth-order valence-electron chi connectivity index (χ4n) is 1.13. The van der Waals surface area contributed by atoms with E-state index in [-0.39, 0.29) is 0 Å². The average molecular weight is 174 g/mol. The van der Waals surface area contributed by atoms with Crippen molar-refractivity contribution in [1.82, 2.24) is 0 Å². The number of allylic oxidation sites excluding steroid dienone is 2. The van der Waals surface area contributed by atoms with E-state index in [1.165, 1.54) is 0 Å². The number of nitrogens with two attached hydrogens (primary N) is 1. The van der Waals surface area contributed by atoms with Crippen molar-refractivity contribution < 1.29 is 0 Å². The van der Waals surface area contributed by atoms with E-state index in [1.807, 2.05) is 43.5 Å². The van der Waals surface area contributed by atoms with Gasteiger partial charge < -0.3 is 5.73 Å². The molecule has 68 valence electrons. The summed E-state index contributed by atoms with van der Waals surface area (Å²) in [6.07, 6.45) is 3.87. The second kappa shape index (κ2) is 4.45. The zero-order valence-corrected chi connectivity index (χ0v) is 7.99. The monoisotopic (exact) mass is 174 g/mol. The van der Waals surface area contributed by atoms with E-state index in [4.69, 9.17) is 5.73 Å². The number of rotatable bonds is 2. The molecule has 0 radical (unpaired) electrons. The van der Waals surface area contributed by atoms with E-state index >= 15 is 0 Å². The van der Waals surface area contributed by atoms with Crippen LogP contribution in [0.15, 0.2) is 35.3 Å². The van der Waals surface area contributed by atoms with Gasteiger partial charge in [0.25, 0.3) is 0 Å². The van der Waals surface area contributed by atoms with E-state index in [0.717, 1.165) is 16.8 Å². The number of anilines is 1. The van der Waals surface area contributed by atoms with Gasteiger partial charge in [0.05, 0.1) is 0 Å². The molecule has 1 aromatic rings. The summed E-state index contributed by atoms with van der Waals surface area (Å²) >= 11 is 0. The van der Waals surface area contributed by atoms with Gasteiger partial charge in [-0.25, -0.2) is 0 Å². The fraction of sp³-hybridized carbons (Fsp3) is 0.182. The highest BCUT2D eigenvalue weighted by Gasteiger charge is 1.95. The normalized spacial score (nSPS) is 12.3. The number of benzene rings is 1. The molecule has 0 spiro atoms. The Balaban J connectivity index is 3.00. The Kier molecular flexibility index (Phi) is 3.26. The summed E-state index contributed by atoms with van der Waals surface area (Å²) in [5.41, 5.74) is 8.63. The highest BCUT2D eigenvalue weighted by molar-refractivity contribution is 6.09. The summed E-state index contributed by atoms with van der Waals surface area (Å²) in [5, 5.41) is 0. The van der Waals surface area contributed by atoms with Crippen molar-refractivity contribution in [2.75, 3.05) is 12.8 Å². The Labute approximate surface area is 78.8 Å². The number of hydrogen-bond donors (Lipinski definition) is 1. The molecule has 2 nitrogen and oxygen atoms in total. The molecular weight excluding hydrogens is 160 g/mol. The molecule has 0 heterocycles. The topological polar surface area (TPSA) is 38.4 Å². The number of aliphatic imine (C=N–C) groups is 1. The molecular formula is C11H14N2. The van der Waals surface area contributed by atoms with E-state index in [1.54, 1.807) is 7.05 Å². The molecule has 0 fully saturated rings. The van der Waals surface area contributed by atoms with E-state index in [2.05, 4.69) is 4.99 Å². The van der Waals surface area contributed by atoms with E-state index in [0.29, 0.717) is 0 Å². The molecule has 1 aromatic carbocycles. The van der Waals surface area contributed by atoms with Crippen LogP contribution in [0.1, 0.15) is 12.5 Å². The predicted octanol–water partition coefficient (Wildman–Crippen LogP) is 2.37. The van der Waals surface area contributed by atoms with Crippen molar-refractivity contribution in [2.45, 2.75) is 6.92 Å². The summed E-state index contributed by atoms with van der Waals surface area (Å²) in [7, 11) is 1.76. The molecule has 0 aliphatic carbocycles. The molecule has 0 bridgehead atoms. The molecule has 2 N–H and O–H groups in total. The van der Waals surface area contributed by atoms with Crippen LogP contribution in [0, 0.1) is 0 Å². The summed E-state index contributed by atoms with van der Waals surface area (Å²) in [6.45, 7) is 1.99. The Bertz CT molecular complexity index is 320. The quantitative estimate of drug-likeness (QED) is 0.542. The SMILES string of the molecule is C/C=C(\C=NC)c1ccc(N)cc1. The van der Waals surface area contributed by atoms with E-state index in [9.17, 15) is 0 Å². The lowest BCUT2D eigenvalue weighted by molar-refractivity contribution is 1.47. The third kappa shape index (κ3) is 2.44. The Morgan fingerprint density at radius 2 is 1.92 bits per heavy atom. The minimum Gasteiger partial charge on any atom is -0.399 e. The first kappa shape index (κ1) is 9.52. The minimum atomic E-state index is 0.785. The van der Waals surface area contributed by atoms with Crippen LogP contribution in [0.5, 0.6) is 0 Å². The maximum Gasteiger partial charge on any atom is 0.0314 e. The molecule has 0 aliphatic heterocycles. The van der Waals surface area contributed by atoms with Gasteiger partial charge in [-0.05, 0) is 30.2 Å². The van der Waals surface area contributed by atoms with Crippen molar-refractivity contribution in [3.63, 3.8) is 0 Å². The minimum absolute atomic E-state index is 0.785. The summed E-state index contributed by atoms with van der Waals surface area (Å²) in [4.78, 5) is 3.98. The highest BCUT2D eigenvalue weighted by atomic mass is 14.6. The Morgan fingerprint density at radius 3 is 2.38 bits per heavy atom. The molecule has 0 atom stereocenters. The van der Waals surface area contributed by atoms with Gasteiger partial charge in [0, 0.05) is 18.9 Å². The second-order valence-corrected chi connectivity index (χ2v) is 2.75. The second-order valence-electron chi connectivity index (χ2n) is 2.75. The third-order valence-corrected chi connectivity index (χ3v) is 1.82. The van der Waals surface area contributed by atoms with Gasteiger partial charge in [0.1, 0.15) is 0 Å². The number of hydrogen-bond acceptors (Lipinski definition) is 2. The van der Waals surface area contributed by atoms with Crippen LogP contribution in [-0.4, -0.2) is 13.3 Å². The fourth-order valence-corrected chi connectivity index (χ4v) is 1.13. The molecule has 0 unspecified atom stereocenters. The maximum atomic E-state index is 5.59. The van der Waals surface area contributed by atoms with E-state index < -0.39 is 0 Å². The highest BCUT2D eigenvalue weighted by Crippen LogP contribution is 2.14. The molecule has 0 saturated heterocycles.